The van der Waals surface area contributed by atoms with Gasteiger partial charge < -0.3 is 20.2 Å². The molecule has 1 aliphatic rings. The van der Waals surface area contributed by atoms with Gasteiger partial charge in [-0.1, -0.05) is 0 Å². The largest absolute Gasteiger partial charge is 0.478 e. The Morgan fingerprint density at radius 1 is 1.47 bits per heavy atom. The molecular weight excluding hydrogens is 224 g/mol. The quantitative estimate of drug-likeness (QED) is 0.665. The third-order valence-electron chi connectivity index (χ3n) is 2.49. The van der Waals surface area contributed by atoms with Crippen LogP contribution in [0.4, 0.5) is 0 Å². The van der Waals surface area contributed by atoms with Gasteiger partial charge in [0.15, 0.2) is 0 Å². The van der Waals surface area contributed by atoms with Crippen LogP contribution in [0.25, 0.3) is 0 Å². The topological polar surface area (TPSA) is 91.6 Å². The third-order valence-corrected chi connectivity index (χ3v) is 2.49. The second-order valence-corrected chi connectivity index (χ2v) is 4.01. The molecule has 0 spiro atoms. The standard InChI is InChI=1S/C11H14N2O4/c14-10(13-7-1-2-7)6-12-5-9-8(11(15)16)3-4-17-9/h3-4,7,12H,1-2,5-6H2,(H,13,14)(H,15,16). The predicted molar refractivity (Wildman–Crippen MR) is 58.5 cm³/mol. The predicted octanol–water partition coefficient (Wildman–Crippen LogP) is 0.346. The maximum Gasteiger partial charge on any atom is 0.339 e. The van der Waals surface area contributed by atoms with E-state index < -0.39 is 5.97 Å². The summed E-state index contributed by atoms with van der Waals surface area (Å²) < 4.78 is 5.03. The highest BCUT2D eigenvalue weighted by Gasteiger charge is 2.22. The molecule has 2 rings (SSSR count). The van der Waals surface area contributed by atoms with Gasteiger partial charge in [-0.05, 0) is 18.9 Å². The maximum absolute atomic E-state index is 11.3. The zero-order valence-corrected chi connectivity index (χ0v) is 9.23. The zero-order chi connectivity index (χ0) is 12.3. The molecule has 17 heavy (non-hydrogen) atoms. The van der Waals surface area contributed by atoms with Crippen LogP contribution in [0, 0.1) is 0 Å². The van der Waals surface area contributed by atoms with Crippen molar-refractivity contribution in [1.82, 2.24) is 10.6 Å². The number of nitrogens with one attached hydrogen (secondary N) is 2. The van der Waals surface area contributed by atoms with Crippen LogP contribution in [0.2, 0.25) is 0 Å². The molecular formula is C11H14N2O4. The van der Waals surface area contributed by atoms with E-state index in [-0.39, 0.29) is 24.6 Å². The van der Waals surface area contributed by atoms with Crippen LogP contribution in [0.15, 0.2) is 16.7 Å². The first-order valence-corrected chi connectivity index (χ1v) is 5.46. The van der Waals surface area contributed by atoms with Crippen LogP contribution in [-0.4, -0.2) is 29.6 Å². The molecule has 1 aliphatic carbocycles. The monoisotopic (exact) mass is 238 g/mol. The lowest BCUT2D eigenvalue weighted by Crippen LogP contribution is -2.34. The number of furan rings is 1. The Morgan fingerprint density at radius 3 is 2.88 bits per heavy atom. The molecule has 1 fully saturated rings. The van der Waals surface area contributed by atoms with Crippen LogP contribution in [0.5, 0.6) is 0 Å². The zero-order valence-electron chi connectivity index (χ0n) is 9.23. The fourth-order valence-corrected chi connectivity index (χ4v) is 1.46. The first-order valence-electron chi connectivity index (χ1n) is 5.46. The first kappa shape index (κ1) is 11.7. The number of hydrogen-bond acceptors (Lipinski definition) is 4. The average Bonchev–Trinajstić information content (AvgIpc) is 2.94. The van der Waals surface area contributed by atoms with E-state index in [2.05, 4.69) is 10.6 Å². The molecule has 0 saturated heterocycles. The minimum absolute atomic E-state index is 0.0732. The number of carbonyl (C=O) groups excluding carboxylic acids is 1. The van der Waals surface area contributed by atoms with E-state index in [1.807, 2.05) is 0 Å². The van der Waals surface area contributed by atoms with Crippen LogP contribution >= 0.6 is 0 Å². The fourth-order valence-electron chi connectivity index (χ4n) is 1.46. The summed E-state index contributed by atoms with van der Waals surface area (Å²) in [6.45, 7) is 0.392. The maximum atomic E-state index is 11.3. The molecule has 0 unspecified atom stereocenters. The fraction of sp³-hybridized carbons (Fsp3) is 0.455. The van der Waals surface area contributed by atoms with Crippen molar-refractivity contribution >= 4 is 11.9 Å². The minimum atomic E-state index is -1.03. The lowest BCUT2D eigenvalue weighted by atomic mass is 10.2. The molecule has 6 nitrogen and oxygen atoms in total. The molecule has 6 heteroatoms. The van der Waals surface area contributed by atoms with Crippen LogP contribution in [0.1, 0.15) is 29.0 Å². The number of carboxylic acid groups (broad SMARTS) is 1. The number of aromatic carboxylic acids is 1. The third kappa shape index (κ3) is 3.32. The molecule has 1 aromatic heterocycles. The molecule has 0 aromatic carbocycles. The highest BCUT2D eigenvalue weighted by molar-refractivity contribution is 5.88. The molecule has 0 atom stereocenters. The Bertz CT molecular complexity index is 423. The summed E-state index contributed by atoms with van der Waals surface area (Å²) in [5.74, 6) is -0.773. The van der Waals surface area contributed by atoms with Gasteiger partial charge in [-0.3, -0.25) is 4.79 Å². The second-order valence-electron chi connectivity index (χ2n) is 4.01. The molecule has 1 aromatic rings. The molecule has 0 radical (unpaired) electrons. The molecule has 1 saturated carbocycles. The Hall–Kier alpha value is -1.82. The van der Waals surface area contributed by atoms with Crippen LogP contribution in [0.3, 0.4) is 0 Å². The number of amides is 1. The number of rotatable bonds is 6. The minimum Gasteiger partial charge on any atom is -0.478 e. The summed E-state index contributed by atoms with van der Waals surface area (Å²) in [4.78, 5) is 22.1. The smallest absolute Gasteiger partial charge is 0.339 e. The SMILES string of the molecule is O=C(CNCc1occc1C(=O)O)NC1CC1. The van der Waals surface area contributed by atoms with E-state index in [1.54, 1.807) is 0 Å². The van der Waals surface area contributed by atoms with Crippen LogP contribution < -0.4 is 10.6 Å². The van der Waals surface area contributed by atoms with Gasteiger partial charge in [0.1, 0.15) is 11.3 Å². The van der Waals surface area contributed by atoms with E-state index in [0.717, 1.165) is 12.8 Å². The lowest BCUT2D eigenvalue weighted by molar-refractivity contribution is -0.120. The van der Waals surface area contributed by atoms with Crippen molar-refractivity contribution in [1.29, 1.82) is 0 Å². The number of carbonyl (C=O) groups is 2. The summed E-state index contributed by atoms with van der Waals surface area (Å²) in [6.07, 6.45) is 3.42. The van der Waals surface area contributed by atoms with Gasteiger partial charge in [0, 0.05) is 6.04 Å². The van der Waals surface area contributed by atoms with Crippen molar-refractivity contribution < 1.29 is 19.1 Å². The van der Waals surface area contributed by atoms with Gasteiger partial charge in [0.25, 0.3) is 0 Å². The van der Waals surface area contributed by atoms with Crippen molar-refractivity contribution in [2.24, 2.45) is 0 Å². The first-order chi connectivity index (χ1) is 8.16. The Kier molecular flexibility index (Phi) is 3.43. The molecule has 0 aliphatic heterocycles. The second kappa shape index (κ2) is 5.01. The summed E-state index contributed by atoms with van der Waals surface area (Å²) in [6, 6.07) is 1.73. The molecule has 92 valence electrons. The van der Waals surface area contributed by atoms with Gasteiger partial charge in [-0.25, -0.2) is 4.79 Å². The Labute approximate surface area is 98.0 Å². The summed E-state index contributed by atoms with van der Waals surface area (Å²) >= 11 is 0. The lowest BCUT2D eigenvalue weighted by Gasteiger charge is -2.04. The van der Waals surface area contributed by atoms with E-state index in [0.29, 0.717) is 11.8 Å². The van der Waals surface area contributed by atoms with Crippen molar-refractivity contribution in [3.05, 3.63) is 23.7 Å². The molecule has 3 N–H and O–H groups in total. The summed E-state index contributed by atoms with van der Waals surface area (Å²) in [7, 11) is 0. The van der Waals surface area contributed by atoms with Gasteiger partial charge in [0.2, 0.25) is 5.91 Å². The van der Waals surface area contributed by atoms with Crippen molar-refractivity contribution in [2.75, 3.05) is 6.54 Å². The summed E-state index contributed by atoms with van der Waals surface area (Å²) in [5, 5.41) is 14.5. The number of carboxylic acids is 1. The van der Waals surface area contributed by atoms with Gasteiger partial charge >= 0.3 is 5.97 Å². The Balaban J connectivity index is 1.75. The summed E-state index contributed by atoms with van der Waals surface area (Å²) in [5.41, 5.74) is 0.125. The van der Waals surface area contributed by atoms with E-state index in [9.17, 15) is 9.59 Å². The number of hydrogen-bond donors (Lipinski definition) is 3. The molecule has 1 amide bonds. The highest BCUT2D eigenvalue weighted by Crippen LogP contribution is 2.18. The van der Waals surface area contributed by atoms with E-state index in [4.69, 9.17) is 9.52 Å². The van der Waals surface area contributed by atoms with Crippen molar-refractivity contribution in [2.45, 2.75) is 25.4 Å². The molecule has 1 heterocycles. The van der Waals surface area contributed by atoms with Crippen molar-refractivity contribution in [3.63, 3.8) is 0 Å². The normalized spacial score (nSPS) is 14.6. The van der Waals surface area contributed by atoms with Crippen molar-refractivity contribution in [3.8, 4) is 0 Å². The average molecular weight is 238 g/mol. The van der Waals surface area contributed by atoms with E-state index >= 15 is 0 Å². The highest BCUT2D eigenvalue weighted by atomic mass is 16.4. The van der Waals surface area contributed by atoms with Gasteiger partial charge in [-0.2, -0.15) is 0 Å². The van der Waals surface area contributed by atoms with Crippen LogP contribution in [-0.2, 0) is 11.3 Å². The van der Waals surface area contributed by atoms with Gasteiger partial charge in [0.05, 0.1) is 19.4 Å². The van der Waals surface area contributed by atoms with Gasteiger partial charge in [-0.15, -0.1) is 0 Å². The van der Waals surface area contributed by atoms with E-state index in [1.165, 1.54) is 12.3 Å². The molecule has 0 bridgehead atoms. The Morgan fingerprint density at radius 2 is 2.24 bits per heavy atom.